The van der Waals surface area contributed by atoms with Gasteiger partial charge in [-0.05, 0) is 37.6 Å². The molecule has 1 heterocycles. The van der Waals surface area contributed by atoms with Gasteiger partial charge in [0.05, 0.1) is 15.5 Å². The Morgan fingerprint density at radius 1 is 1.18 bits per heavy atom. The maximum Gasteiger partial charge on any atom is 0.270 e. The molecule has 1 aliphatic rings. The van der Waals surface area contributed by atoms with Crippen molar-refractivity contribution in [3.05, 3.63) is 74.5 Å². The molecular weight excluding hydrogens is 385 g/mol. The van der Waals surface area contributed by atoms with Crippen LogP contribution in [-0.2, 0) is 6.54 Å². The fraction of sp³-hybridized carbons (Fsp3) is 0.350. The Bertz CT molecular complexity index is 891. The zero-order valence-electron chi connectivity index (χ0n) is 15.6. The molecule has 0 bridgehead atoms. The Balaban J connectivity index is 1.72. The molecule has 0 aromatic heterocycles. The fourth-order valence-corrected chi connectivity index (χ4v) is 3.73. The second-order valence-corrected chi connectivity index (χ2v) is 7.54. The van der Waals surface area contributed by atoms with Crippen molar-refractivity contribution in [3.63, 3.8) is 0 Å². The third-order valence-corrected chi connectivity index (χ3v) is 5.38. The minimum atomic E-state index is -0.543. The van der Waals surface area contributed by atoms with Gasteiger partial charge in [-0.25, -0.2) is 4.39 Å². The van der Waals surface area contributed by atoms with Crippen molar-refractivity contribution >= 4 is 23.2 Å². The molecule has 2 atom stereocenters. The Hall–Kier alpha value is -2.51. The first kappa shape index (κ1) is 20.2. The molecule has 2 aromatic rings. The molecule has 1 amide bonds. The molecule has 0 saturated carbocycles. The maximum absolute atomic E-state index is 13.1. The number of hydrogen-bond acceptors (Lipinski definition) is 4. The number of hydrogen-bond donors (Lipinski definition) is 0. The van der Waals surface area contributed by atoms with E-state index in [1.165, 1.54) is 30.3 Å². The molecule has 0 aliphatic carbocycles. The van der Waals surface area contributed by atoms with Crippen LogP contribution in [0.2, 0.25) is 5.02 Å². The molecule has 1 fully saturated rings. The molecule has 6 nitrogen and oxygen atoms in total. The molecule has 0 spiro atoms. The van der Waals surface area contributed by atoms with Crippen LogP contribution in [-0.4, -0.2) is 45.8 Å². The van der Waals surface area contributed by atoms with Gasteiger partial charge >= 0.3 is 0 Å². The lowest BCUT2D eigenvalue weighted by atomic mass is 10.0. The summed E-state index contributed by atoms with van der Waals surface area (Å²) in [6, 6.07) is 10.4. The van der Waals surface area contributed by atoms with Crippen LogP contribution in [0.3, 0.4) is 0 Å². The molecule has 2 aromatic carbocycles. The molecular formula is C20H21ClFN3O3. The van der Waals surface area contributed by atoms with Gasteiger partial charge in [0, 0.05) is 43.9 Å². The van der Waals surface area contributed by atoms with Crippen LogP contribution in [0.4, 0.5) is 10.1 Å². The highest BCUT2D eigenvalue weighted by Crippen LogP contribution is 2.26. The van der Waals surface area contributed by atoms with Crippen molar-refractivity contribution in [1.82, 2.24) is 9.80 Å². The summed E-state index contributed by atoms with van der Waals surface area (Å²) in [6.07, 6.45) is 0. The minimum Gasteiger partial charge on any atom is -0.333 e. The molecule has 0 radical (unpaired) electrons. The molecule has 0 N–H and O–H groups in total. The second kappa shape index (κ2) is 8.24. The number of halogens is 2. The van der Waals surface area contributed by atoms with Crippen molar-refractivity contribution < 1.29 is 14.1 Å². The summed E-state index contributed by atoms with van der Waals surface area (Å²) in [5.41, 5.74) is 1.13. The Kier molecular flexibility index (Phi) is 5.96. The first-order valence-electron chi connectivity index (χ1n) is 8.99. The summed E-state index contributed by atoms with van der Waals surface area (Å²) >= 11 is 6.13. The van der Waals surface area contributed by atoms with Crippen LogP contribution in [0.1, 0.15) is 29.8 Å². The summed E-state index contributed by atoms with van der Waals surface area (Å²) < 4.78 is 13.1. The highest BCUT2D eigenvalue weighted by molar-refractivity contribution is 6.34. The van der Waals surface area contributed by atoms with E-state index in [-0.39, 0.29) is 40.1 Å². The van der Waals surface area contributed by atoms with Crippen LogP contribution < -0.4 is 0 Å². The van der Waals surface area contributed by atoms with E-state index in [4.69, 9.17) is 11.6 Å². The van der Waals surface area contributed by atoms with Gasteiger partial charge in [-0.15, -0.1) is 0 Å². The smallest absolute Gasteiger partial charge is 0.270 e. The van der Waals surface area contributed by atoms with Gasteiger partial charge in [0.15, 0.2) is 0 Å². The lowest BCUT2D eigenvalue weighted by Crippen LogP contribution is -2.57. The standard InChI is InChI=1S/C20H21ClFN3O3/c1-13-11-24(20(26)18-8-7-17(25(27)28)9-19(18)21)14(2)10-23(13)12-15-3-5-16(22)6-4-15/h3-9,13-14H,10-12H2,1-2H3/t13-,14-/m0/s1. The van der Waals surface area contributed by atoms with Crippen molar-refractivity contribution in [1.29, 1.82) is 0 Å². The second-order valence-electron chi connectivity index (χ2n) is 7.13. The van der Waals surface area contributed by atoms with E-state index in [9.17, 15) is 19.3 Å². The predicted molar refractivity (Wildman–Crippen MR) is 105 cm³/mol. The van der Waals surface area contributed by atoms with E-state index < -0.39 is 4.92 Å². The van der Waals surface area contributed by atoms with Crippen LogP contribution >= 0.6 is 11.6 Å². The van der Waals surface area contributed by atoms with E-state index in [0.29, 0.717) is 19.6 Å². The molecule has 8 heteroatoms. The first-order chi connectivity index (χ1) is 13.3. The van der Waals surface area contributed by atoms with Crippen molar-refractivity contribution in [2.75, 3.05) is 13.1 Å². The number of carbonyl (C=O) groups excluding carboxylic acids is 1. The SMILES string of the molecule is C[C@H]1CN(C(=O)c2ccc([N+](=O)[O-])cc2Cl)[C@@H](C)CN1Cc1ccc(F)cc1. The number of rotatable bonds is 4. The predicted octanol–water partition coefficient (Wildman–Crippen LogP) is 4.12. The Labute approximate surface area is 167 Å². The van der Waals surface area contributed by atoms with Crippen molar-refractivity contribution in [2.45, 2.75) is 32.5 Å². The first-order valence-corrected chi connectivity index (χ1v) is 9.37. The van der Waals surface area contributed by atoms with Gasteiger partial charge in [0.1, 0.15) is 5.82 Å². The zero-order valence-corrected chi connectivity index (χ0v) is 16.4. The average Bonchev–Trinajstić information content (AvgIpc) is 2.65. The van der Waals surface area contributed by atoms with E-state index >= 15 is 0 Å². The quantitative estimate of drug-likeness (QED) is 0.566. The Morgan fingerprint density at radius 2 is 1.86 bits per heavy atom. The molecule has 28 heavy (non-hydrogen) atoms. The number of piperazine rings is 1. The van der Waals surface area contributed by atoms with Crippen molar-refractivity contribution in [3.8, 4) is 0 Å². The molecule has 148 valence electrons. The van der Waals surface area contributed by atoms with Gasteiger partial charge < -0.3 is 4.90 Å². The summed E-state index contributed by atoms with van der Waals surface area (Å²) in [5.74, 6) is -0.499. The average molecular weight is 406 g/mol. The Morgan fingerprint density at radius 3 is 2.46 bits per heavy atom. The summed E-state index contributed by atoms with van der Waals surface area (Å²) in [4.78, 5) is 27.3. The normalized spacial score (nSPS) is 20.2. The van der Waals surface area contributed by atoms with Gasteiger partial charge in [0.2, 0.25) is 0 Å². The van der Waals surface area contributed by atoms with Gasteiger partial charge in [-0.1, -0.05) is 23.7 Å². The third-order valence-electron chi connectivity index (χ3n) is 5.07. The van der Waals surface area contributed by atoms with Crippen LogP contribution in [0.5, 0.6) is 0 Å². The van der Waals surface area contributed by atoms with E-state index in [1.54, 1.807) is 17.0 Å². The largest absolute Gasteiger partial charge is 0.333 e. The zero-order chi connectivity index (χ0) is 20.4. The number of nitrogens with zero attached hydrogens (tertiary/aromatic N) is 3. The third kappa shape index (κ3) is 4.31. The lowest BCUT2D eigenvalue weighted by molar-refractivity contribution is -0.384. The number of amides is 1. The molecule has 3 rings (SSSR count). The van der Waals surface area contributed by atoms with E-state index in [2.05, 4.69) is 4.90 Å². The van der Waals surface area contributed by atoms with Crippen LogP contribution in [0.25, 0.3) is 0 Å². The number of carbonyl (C=O) groups is 1. The van der Waals surface area contributed by atoms with Crippen LogP contribution in [0, 0.1) is 15.9 Å². The highest BCUT2D eigenvalue weighted by atomic mass is 35.5. The molecule has 1 aliphatic heterocycles. The van der Waals surface area contributed by atoms with E-state index in [0.717, 1.165) is 5.56 Å². The number of non-ortho nitro benzene ring substituents is 1. The molecule has 0 unspecified atom stereocenters. The number of nitro benzene ring substituents is 1. The highest BCUT2D eigenvalue weighted by Gasteiger charge is 2.33. The topological polar surface area (TPSA) is 66.7 Å². The number of nitro groups is 1. The lowest BCUT2D eigenvalue weighted by Gasteiger charge is -2.44. The summed E-state index contributed by atoms with van der Waals surface area (Å²) in [5, 5.41) is 10.9. The van der Waals surface area contributed by atoms with Crippen LogP contribution in [0.15, 0.2) is 42.5 Å². The van der Waals surface area contributed by atoms with E-state index in [1.807, 2.05) is 13.8 Å². The maximum atomic E-state index is 13.1. The monoisotopic (exact) mass is 405 g/mol. The molecule has 1 saturated heterocycles. The van der Waals surface area contributed by atoms with Gasteiger partial charge in [-0.3, -0.25) is 19.8 Å². The van der Waals surface area contributed by atoms with Gasteiger partial charge in [0.25, 0.3) is 11.6 Å². The minimum absolute atomic E-state index is 0.0598. The van der Waals surface area contributed by atoms with Gasteiger partial charge in [-0.2, -0.15) is 0 Å². The fourth-order valence-electron chi connectivity index (χ4n) is 3.47. The summed E-state index contributed by atoms with van der Waals surface area (Å²) in [6.45, 7) is 5.84. The van der Waals surface area contributed by atoms with Crippen molar-refractivity contribution in [2.24, 2.45) is 0 Å². The summed E-state index contributed by atoms with van der Waals surface area (Å²) in [7, 11) is 0. The number of benzene rings is 2.